The van der Waals surface area contributed by atoms with Crippen molar-refractivity contribution in [1.82, 2.24) is 10.2 Å². The van der Waals surface area contributed by atoms with E-state index in [0.29, 0.717) is 12.5 Å². The number of benzene rings is 1. The first-order valence-corrected chi connectivity index (χ1v) is 6.27. The molecule has 1 atom stereocenters. The van der Waals surface area contributed by atoms with Crippen LogP contribution in [0.1, 0.15) is 17.2 Å². The first-order valence-electron chi connectivity index (χ1n) is 6.27. The first-order chi connectivity index (χ1) is 8.70. The molecule has 4 nitrogen and oxygen atoms in total. The van der Waals surface area contributed by atoms with E-state index in [0.717, 1.165) is 25.2 Å². The lowest BCUT2D eigenvalue weighted by Gasteiger charge is -2.33. The van der Waals surface area contributed by atoms with Crippen LogP contribution in [0.3, 0.4) is 0 Å². The number of esters is 1. The molecule has 0 aromatic heterocycles. The number of methoxy groups -OCH3 is 1. The van der Waals surface area contributed by atoms with Crippen molar-refractivity contribution in [3.05, 3.63) is 35.4 Å². The second-order valence-electron chi connectivity index (χ2n) is 4.70. The third-order valence-electron chi connectivity index (χ3n) is 3.42. The first kappa shape index (κ1) is 13.1. The average Bonchev–Trinajstić information content (AvgIpc) is 2.39. The molecule has 1 N–H and O–H groups in total. The zero-order valence-corrected chi connectivity index (χ0v) is 11.0. The highest BCUT2D eigenvalue weighted by Gasteiger charge is 2.20. The summed E-state index contributed by atoms with van der Waals surface area (Å²) in [5.74, 6) is -0.192. The Balaban J connectivity index is 2.13. The highest BCUT2D eigenvalue weighted by molar-refractivity contribution is 5.72. The van der Waals surface area contributed by atoms with Crippen LogP contribution < -0.4 is 5.32 Å². The van der Waals surface area contributed by atoms with E-state index in [1.807, 2.05) is 12.1 Å². The highest BCUT2D eigenvalue weighted by Crippen LogP contribution is 2.21. The van der Waals surface area contributed by atoms with Gasteiger partial charge in [-0.15, -0.1) is 0 Å². The third-order valence-corrected chi connectivity index (χ3v) is 3.42. The second-order valence-corrected chi connectivity index (χ2v) is 4.70. The summed E-state index contributed by atoms with van der Waals surface area (Å²) in [5.41, 5.74) is 2.27. The van der Waals surface area contributed by atoms with E-state index in [4.69, 9.17) is 4.74 Å². The highest BCUT2D eigenvalue weighted by atomic mass is 16.5. The molecule has 0 amide bonds. The van der Waals surface area contributed by atoms with Gasteiger partial charge in [-0.05, 0) is 18.2 Å². The minimum Gasteiger partial charge on any atom is -0.469 e. The van der Waals surface area contributed by atoms with Gasteiger partial charge in [0.25, 0.3) is 0 Å². The molecular weight excluding hydrogens is 228 g/mol. The molecule has 0 bridgehead atoms. The molecule has 1 aromatic carbocycles. The van der Waals surface area contributed by atoms with Gasteiger partial charge in [-0.25, -0.2) is 0 Å². The third kappa shape index (κ3) is 3.09. The monoisotopic (exact) mass is 248 g/mol. The van der Waals surface area contributed by atoms with Crippen molar-refractivity contribution in [2.45, 2.75) is 12.5 Å². The molecule has 0 aliphatic carbocycles. The molecule has 0 radical (unpaired) electrons. The maximum Gasteiger partial charge on any atom is 0.309 e. The van der Waals surface area contributed by atoms with Crippen molar-refractivity contribution in [3.63, 3.8) is 0 Å². The van der Waals surface area contributed by atoms with Gasteiger partial charge in [-0.3, -0.25) is 9.69 Å². The molecule has 18 heavy (non-hydrogen) atoms. The van der Waals surface area contributed by atoms with Crippen LogP contribution in [0.4, 0.5) is 0 Å². The van der Waals surface area contributed by atoms with Crippen LogP contribution in [-0.4, -0.2) is 44.7 Å². The van der Waals surface area contributed by atoms with E-state index in [1.54, 1.807) is 0 Å². The van der Waals surface area contributed by atoms with Gasteiger partial charge < -0.3 is 10.1 Å². The molecule has 0 saturated carbocycles. The average molecular weight is 248 g/mol. The zero-order valence-electron chi connectivity index (χ0n) is 11.0. The Hall–Kier alpha value is -1.39. The predicted molar refractivity (Wildman–Crippen MR) is 70.4 cm³/mol. The topological polar surface area (TPSA) is 41.6 Å². The largest absolute Gasteiger partial charge is 0.469 e. The molecule has 98 valence electrons. The van der Waals surface area contributed by atoms with Crippen molar-refractivity contribution in [3.8, 4) is 0 Å². The molecule has 2 rings (SSSR count). The van der Waals surface area contributed by atoms with Crippen LogP contribution in [-0.2, 0) is 16.0 Å². The summed E-state index contributed by atoms with van der Waals surface area (Å²) in [6.07, 6.45) is 0.341. The standard InChI is InChI=1S/C14H20N2O2/c1-16-7-6-15-10-13(16)12-5-3-4-11(8-12)9-14(17)18-2/h3-5,8,13,15H,6-7,9-10H2,1-2H3. The van der Waals surface area contributed by atoms with E-state index in [1.165, 1.54) is 12.7 Å². The molecular formula is C14H20N2O2. The van der Waals surface area contributed by atoms with Crippen LogP contribution in [0.5, 0.6) is 0 Å². The molecule has 1 aliphatic heterocycles. The van der Waals surface area contributed by atoms with Crippen molar-refractivity contribution >= 4 is 5.97 Å². The van der Waals surface area contributed by atoms with Gasteiger partial charge >= 0.3 is 5.97 Å². The maximum absolute atomic E-state index is 11.3. The number of nitrogens with one attached hydrogen (secondary N) is 1. The van der Waals surface area contributed by atoms with E-state index in [9.17, 15) is 4.79 Å². The summed E-state index contributed by atoms with van der Waals surface area (Å²) < 4.78 is 4.70. The summed E-state index contributed by atoms with van der Waals surface area (Å²) in [4.78, 5) is 13.6. The van der Waals surface area contributed by atoms with Crippen LogP contribution in [0.2, 0.25) is 0 Å². The summed E-state index contributed by atoms with van der Waals surface area (Å²) in [5, 5.41) is 3.40. The minimum absolute atomic E-state index is 0.192. The van der Waals surface area contributed by atoms with Gasteiger partial charge in [0.1, 0.15) is 0 Å². The number of carbonyl (C=O) groups is 1. The van der Waals surface area contributed by atoms with Crippen molar-refractivity contribution in [2.75, 3.05) is 33.8 Å². The lowest BCUT2D eigenvalue weighted by molar-refractivity contribution is -0.139. The Bertz CT molecular complexity index is 420. The molecule has 0 spiro atoms. The van der Waals surface area contributed by atoms with Crippen molar-refractivity contribution in [2.24, 2.45) is 0 Å². The number of carbonyl (C=O) groups excluding carboxylic acids is 1. The smallest absolute Gasteiger partial charge is 0.309 e. The Morgan fingerprint density at radius 2 is 2.39 bits per heavy atom. The van der Waals surface area contributed by atoms with Gasteiger partial charge in [0.15, 0.2) is 0 Å². The molecule has 4 heteroatoms. The summed E-state index contributed by atoms with van der Waals surface area (Å²) in [6.45, 7) is 3.04. The van der Waals surface area contributed by atoms with Crippen LogP contribution in [0, 0.1) is 0 Å². The Morgan fingerprint density at radius 1 is 1.56 bits per heavy atom. The van der Waals surface area contributed by atoms with Crippen LogP contribution in [0.15, 0.2) is 24.3 Å². The van der Waals surface area contributed by atoms with Crippen LogP contribution in [0.25, 0.3) is 0 Å². The van der Waals surface area contributed by atoms with E-state index >= 15 is 0 Å². The van der Waals surface area contributed by atoms with Gasteiger partial charge in [0, 0.05) is 25.7 Å². The molecule has 1 aromatic rings. The number of piperazine rings is 1. The number of likely N-dealkylation sites (N-methyl/N-ethyl adjacent to an activating group) is 1. The van der Waals surface area contributed by atoms with Gasteiger partial charge in [0.2, 0.25) is 0 Å². The summed E-state index contributed by atoms with van der Waals surface area (Å²) in [6, 6.07) is 8.59. The molecule has 1 fully saturated rings. The number of hydrogen-bond acceptors (Lipinski definition) is 4. The SMILES string of the molecule is COC(=O)Cc1cccc(C2CNCCN2C)c1. The zero-order chi connectivity index (χ0) is 13.0. The van der Waals surface area contributed by atoms with E-state index in [2.05, 4.69) is 29.4 Å². The van der Waals surface area contributed by atoms with Gasteiger partial charge in [-0.1, -0.05) is 24.3 Å². The quantitative estimate of drug-likeness (QED) is 0.810. The van der Waals surface area contributed by atoms with Gasteiger partial charge in [-0.2, -0.15) is 0 Å². The number of rotatable bonds is 3. The fraction of sp³-hybridized carbons (Fsp3) is 0.500. The fourth-order valence-corrected chi connectivity index (χ4v) is 2.33. The van der Waals surface area contributed by atoms with Crippen molar-refractivity contribution in [1.29, 1.82) is 0 Å². The Kier molecular flexibility index (Phi) is 4.33. The molecule has 1 saturated heterocycles. The maximum atomic E-state index is 11.3. The summed E-state index contributed by atoms with van der Waals surface area (Å²) >= 11 is 0. The minimum atomic E-state index is -0.192. The Labute approximate surface area is 108 Å². The fourth-order valence-electron chi connectivity index (χ4n) is 2.33. The lowest BCUT2D eigenvalue weighted by atomic mass is 10.0. The number of hydrogen-bond donors (Lipinski definition) is 1. The number of ether oxygens (including phenoxy) is 1. The number of nitrogens with zero attached hydrogens (tertiary/aromatic N) is 1. The normalized spacial score (nSPS) is 20.7. The van der Waals surface area contributed by atoms with Crippen molar-refractivity contribution < 1.29 is 9.53 Å². The second kappa shape index (κ2) is 5.98. The van der Waals surface area contributed by atoms with E-state index in [-0.39, 0.29) is 5.97 Å². The van der Waals surface area contributed by atoms with E-state index < -0.39 is 0 Å². The van der Waals surface area contributed by atoms with Crippen LogP contribution >= 0.6 is 0 Å². The van der Waals surface area contributed by atoms with Gasteiger partial charge in [0.05, 0.1) is 13.5 Å². The molecule has 1 aliphatic rings. The molecule has 1 heterocycles. The lowest BCUT2D eigenvalue weighted by Crippen LogP contribution is -2.43. The predicted octanol–water partition coefficient (Wildman–Crippen LogP) is 0.978. The summed E-state index contributed by atoms with van der Waals surface area (Å²) in [7, 11) is 3.56. The Morgan fingerprint density at radius 3 is 3.11 bits per heavy atom. The molecule has 1 unspecified atom stereocenters.